The quantitative estimate of drug-likeness (QED) is 0.729. The molecule has 0 radical (unpaired) electrons. The molecule has 1 rings (SSSR count). The van der Waals surface area contributed by atoms with Gasteiger partial charge in [0.1, 0.15) is 0 Å². The van der Waals surface area contributed by atoms with Gasteiger partial charge >= 0.3 is 0 Å². The minimum atomic E-state index is 0.283. The third-order valence-corrected chi connectivity index (χ3v) is 3.99. The number of rotatable bonds is 3. The summed E-state index contributed by atoms with van der Waals surface area (Å²) in [6, 6.07) is 0.738. The maximum absolute atomic E-state index is 3.81. The maximum atomic E-state index is 3.81. The summed E-state index contributed by atoms with van der Waals surface area (Å²) in [5, 5.41) is 3.81. The van der Waals surface area contributed by atoms with E-state index >= 15 is 0 Å². The van der Waals surface area contributed by atoms with Crippen molar-refractivity contribution >= 4 is 0 Å². The summed E-state index contributed by atoms with van der Waals surface area (Å²) < 4.78 is 0. The van der Waals surface area contributed by atoms with Crippen molar-refractivity contribution in [2.24, 2.45) is 11.3 Å². The van der Waals surface area contributed by atoms with Crippen LogP contribution in [0.4, 0.5) is 0 Å². The fourth-order valence-electron chi connectivity index (χ4n) is 2.25. The van der Waals surface area contributed by atoms with Gasteiger partial charge in [-0.15, -0.1) is 0 Å². The van der Waals surface area contributed by atoms with Gasteiger partial charge in [-0.25, -0.2) is 0 Å². The lowest BCUT2D eigenvalue weighted by atomic mass is 9.88. The molecular weight excluding hydrogens is 170 g/mol. The van der Waals surface area contributed by atoms with Gasteiger partial charge < -0.3 is 5.32 Å². The fraction of sp³-hybridized carbons (Fsp3) is 1.00. The van der Waals surface area contributed by atoms with Gasteiger partial charge in [-0.2, -0.15) is 0 Å². The minimum absolute atomic E-state index is 0.283. The summed E-state index contributed by atoms with van der Waals surface area (Å²) in [5.41, 5.74) is 0.843. The van der Waals surface area contributed by atoms with Crippen molar-refractivity contribution in [3.63, 3.8) is 0 Å². The molecule has 1 nitrogen and oxygen atoms in total. The van der Waals surface area contributed by atoms with Crippen LogP contribution < -0.4 is 5.32 Å². The lowest BCUT2D eigenvalue weighted by Crippen LogP contribution is -2.48. The van der Waals surface area contributed by atoms with Crippen LogP contribution >= 0.6 is 0 Å². The third-order valence-electron chi connectivity index (χ3n) is 3.99. The molecule has 84 valence electrons. The zero-order valence-electron chi connectivity index (χ0n) is 10.8. The summed E-state index contributed by atoms with van der Waals surface area (Å²) in [6.45, 7) is 14.0. The van der Waals surface area contributed by atoms with Crippen molar-refractivity contribution in [2.75, 3.05) is 0 Å². The zero-order valence-corrected chi connectivity index (χ0v) is 10.8. The number of nitrogens with one attached hydrogen (secondary N) is 1. The molecule has 0 bridgehead atoms. The molecule has 0 aromatic rings. The Morgan fingerprint density at radius 2 is 1.86 bits per heavy atom. The van der Waals surface area contributed by atoms with E-state index in [1.165, 1.54) is 19.3 Å². The van der Waals surface area contributed by atoms with E-state index in [9.17, 15) is 0 Å². The Morgan fingerprint density at radius 1 is 1.29 bits per heavy atom. The predicted molar refractivity (Wildman–Crippen MR) is 63.5 cm³/mol. The van der Waals surface area contributed by atoms with Crippen LogP contribution in [0.25, 0.3) is 0 Å². The first-order chi connectivity index (χ1) is 6.23. The average Bonchev–Trinajstić information content (AvgIpc) is 2.28. The summed E-state index contributed by atoms with van der Waals surface area (Å²) in [4.78, 5) is 0. The van der Waals surface area contributed by atoms with Crippen LogP contribution in [-0.2, 0) is 0 Å². The predicted octanol–water partition coefficient (Wildman–Crippen LogP) is 3.59. The standard InChI is InChI=1S/C13H27N/c1-10(2)13(5,6)14-11-7-8-12(3,4)9-11/h10-11,14H,7-9H2,1-6H3. The summed E-state index contributed by atoms with van der Waals surface area (Å²) >= 11 is 0. The van der Waals surface area contributed by atoms with E-state index in [2.05, 4.69) is 46.9 Å². The molecule has 0 amide bonds. The van der Waals surface area contributed by atoms with Crippen LogP contribution in [-0.4, -0.2) is 11.6 Å². The van der Waals surface area contributed by atoms with Crippen molar-refractivity contribution in [1.82, 2.24) is 5.32 Å². The third kappa shape index (κ3) is 2.98. The van der Waals surface area contributed by atoms with Gasteiger partial charge in [-0.05, 0) is 44.4 Å². The summed E-state index contributed by atoms with van der Waals surface area (Å²) in [6.07, 6.45) is 4.06. The van der Waals surface area contributed by atoms with Crippen molar-refractivity contribution in [2.45, 2.75) is 72.4 Å². The van der Waals surface area contributed by atoms with Gasteiger partial charge in [0.25, 0.3) is 0 Å². The van der Waals surface area contributed by atoms with Crippen LogP contribution in [0.1, 0.15) is 60.8 Å². The fourth-order valence-corrected chi connectivity index (χ4v) is 2.25. The highest BCUT2D eigenvalue weighted by atomic mass is 15.0. The highest BCUT2D eigenvalue weighted by molar-refractivity contribution is 4.92. The van der Waals surface area contributed by atoms with E-state index in [0.29, 0.717) is 11.3 Å². The summed E-state index contributed by atoms with van der Waals surface area (Å²) in [5.74, 6) is 0.700. The second-order valence-corrected chi connectivity index (χ2v) is 6.62. The molecule has 1 heteroatoms. The van der Waals surface area contributed by atoms with Crippen LogP contribution in [0.3, 0.4) is 0 Å². The SMILES string of the molecule is CC(C)C(C)(C)NC1CCC(C)(C)C1. The molecule has 1 aliphatic rings. The van der Waals surface area contributed by atoms with Crippen molar-refractivity contribution in [1.29, 1.82) is 0 Å². The van der Waals surface area contributed by atoms with Crippen molar-refractivity contribution in [3.05, 3.63) is 0 Å². The van der Waals surface area contributed by atoms with Crippen LogP contribution in [0.2, 0.25) is 0 Å². The van der Waals surface area contributed by atoms with Gasteiger partial charge in [-0.3, -0.25) is 0 Å². The maximum Gasteiger partial charge on any atom is 0.0150 e. The molecule has 1 fully saturated rings. The summed E-state index contributed by atoms with van der Waals surface area (Å²) in [7, 11) is 0. The first-order valence-electron chi connectivity index (χ1n) is 6.01. The van der Waals surface area contributed by atoms with Gasteiger partial charge in [0, 0.05) is 11.6 Å². The van der Waals surface area contributed by atoms with Gasteiger partial charge in [0.15, 0.2) is 0 Å². The Balaban J connectivity index is 2.47. The van der Waals surface area contributed by atoms with E-state index < -0.39 is 0 Å². The van der Waals surface area contributed by atoms with E-state index in [1.54, 1.807) is 0 Å². The first-order valence-corrected chi connectivity index (χ1v) is 6.01. The second-order valence-electron chi connectivity index (χ2n) is 6.62. The topological polar surface area (TPSA) is 12.0 Å². The molecule has 14 heavy (non-hydrogen) atoms. The molecule has 1 atom stereocenters. The van der Waals surface area contributed by atoms with E-state index in [-0.39, 0.29) is 5.54 Å². The van der Waals surface area contributed by atoms with Crippen molar-refractivity contribution < 1.29 is 0 Å². The molecule has 0 aliphatic heterocycles. The molecular formula is C13H27N. The number of hydrogen-bond acceptors (Lipinski definition) is 1. The molecule has 1 aliphatic carbocycles. The molecule has 1 N–H and O–H groups in total. The second kappa shape index (κ2) is 3.84. The Bertz CT molecular complexity index is 191. The Morgan fingerprint density at radius 3 is 2.21 bits per heavy atom. The average molecular weight is 197 g/mol. The number of hydrogen-bond donors (Lipinski definition) is 1. The lowest BCUT2D eigenvalue weighted by Gasteiger charge is -2.34. The van der Waals surface area contributed by atoms with Crippen molar-refractivity contribution in [3.8, 4) is 0 Å². The van der Waals surface area contributed by atoms with Crippen LogP contribution in [0, 0.1) is 11.3 Å². The Hall–Kier alpha value is -0.0400. The first kappa shape index (κ1) is 12.0. The van der Waals surface area contributed by atoms with Crippen LogP contribution in [0.15, 0.2) is 0 Å². The Kier molecular flexibility index (Phi) is 3.30. The zero-order chi connectivity index (χ0) is 11.0. The monoisotopic (exact) mass is 197 g/mol. The molecule has 0 spiro atoms. The highest BCUT2D eigenvalue weighted by Gasteiger charge is 2.34. The van der Waals surface area contributed by atoms with E-state index in [1.807, 2.05) is 0 Å². The smallest absolute Gasteiger partial charge is 0.0150 e. The molecule has 0 aromatic carbocycles. The van der Waals surface area contributed by atoms with Crippen LogP contribution in [0.5, 0.6) is 0 Å². The Labute approximate surface area is 89.7 Å². The largest absolute Gasteiger partial charge is 0.309 e. The normalized spacial score (nSPS) is 27.2. The lowest BCUT2D eigenvalue weighted by molar-refractivity contribution is 0.245. The van der Waals surface area contributed by atoms with Gasteiger partial charge in [0.2, 0.25) is 0 Å². The molecule has 0 saturated heterocycles. The van der Waals surface area contributed by atoms with E-state index in [4.69, 9.17) is 0 Å². The highest BCUT2D eigenvalue weighted by Crippen LogP contribution is 2.38. The van der Waals surface area contributed by atoms with Gasteiger partial charge in [-0.1, -0.05) is 27.7 Å². The van der Waals surface area contributed by atoms with Gasteiger partial charge in [0.05, 0.1) is 0 Å². The molecule has 1 saturated carbocycles. The minimum Gasteiger partial charge on any atom is -0.309 e. The molecule has 0 aromatic heterocycles. The molecule has 1 unspecified atom stereocenters. The van der Waals surface area contributed by atoms with E-state index in [0.717, 1.165) is 6.04 Å². The molecule has 0 heterocycles.